The van der Waals surface area contributed by atoms with Crippen molar-refractivity contribution in [2.24, 2.45) is 4.99 Å². The fourth-order valence-electron chi connectivity index (χ4n) is 2.71. The lowest BCUT2D eigenvalue weighted by Gasteiger charge is -2.14. The normalized spacial score (nSPS) is 11.2. The van der Waals surface area contributed by atoms with Crippen LogP contribution in [0, 0.1) is 12.7 Å². The van der Waals surface area contributed by atoms with Crippen LogP contribution in [0.1, 0.15) is 29.8 Å². The molecule has 0 unspecified atom stereocenters. The number of unbranched alkanes of at least 4 members (excludes halogenated alkanes) is 1. The van der Waals surface area contributed by atoms with Crippen molar-refractivity contribution in [1.82, 2.24) is 20.2 Å². The highest BCUT2D eigenvalue weighted by Gasteiger charge is 2.05. The molecule has 0 saturated carbocycles. The molecule has 0 saturated heterocycles. The molecule has 0 aliphatic heterocycles. The summed E-state index contributed by atoms with van der Waals surface area (Å²) < 4.78 is 15.6. The van der Waals surface area contributed by atoms with Crippen LogP contribution in [0.25, 0.3) is 0 Å². The van der Waals surface area contributed by atoms with Crippen molar-refractivity contribution in [3.05, 3.63) is 53.4 Å². The summed E-state index contributed by atoms with van der Waals surface area (Å²) in [6, 6.07) is 4.96. The Morgan fingerprint density at radius 1 is 1.26 bits per heavy atom. The van der Waals surface area contributed by atoms with Crippen LogP contribution < -0.4 is 10.6 Å². The van der Waals surface area contributed by atoms with Crippen molar-refractivity contribution in [3.8, 4) is 0 Å². The maximum atomic E-state index is 13.4. The van der Waals surface area contributed by atoms with Crippen LogP contribution in [0.4, 0.5) is 4.39 Å². The predicted molar refractivity (Wildman–Crippen MR) is 123 cm³/mol. The second-order valence-electron chi connectivity index (χ2n) is 6.07. The third-order valence-electron chi connectivity index (χ3n) is 4.18. The molecule has 2 rings (SSSR count). The highest BCUT2D eigenvalue weighted by atomic mass is 127. The van der Waals surface area contributed by atoms with Crippen molar-refractivity contribution in [2.45, 2.75) is 38.6 Å². The van der Waals surface area contributed by atoms with E-state index in [0.29, 0.717) is 6.54 Å². The van der Waals surface area contributed by atoms with Crippen molar-refractivity contribution in [3.63, 3.8) is 0 Å². The van der Waals surface area contributed by atoms with Crippen LogP contribution >= 0.6 is 35.7 Å². The molecule has 8 heteroatoms. The molecule has 0 atom stereocenters. The highest BCUT2D eigenvalue weighted by Crippen LogP contribution is 2.16. The summed E-state index contributed by atoms with van der Waals surface area (Å²) in [5.74, 6) is 2.43. The Morgan fingerprint density at radius 3 is 2.74 bits per heavy atom. The summed E-state index contributed by atoms with van der Waals surface area (Å²) in [6.45, 7) is 4.48. The molecular weight excluding hydrogens is 476 g/mol. The van der Waals surface area contributed by atoms with Crippen LogP contribution in [0.15, 0.2) is 35.6 Å². The zero-order valence-electron chi connectivity index (χ0n) is 16.2. The molecular formula is C19H29FIN5S. The van der Waals surface area contributed by atoms with Gasteiger partial charge in [0.25, 0.3) is 0 Å². The molecule has 0 radical (unpaired) electrons. The van der Waals surface area contributed by atoms with Crippen LogP contribution in [-0.2, 0) is 18.8 Å². The molecule has 0 aliphatic carbocycles. The predicted octanol–water partition coefficient (Wildman–Crippen LogP) is 3.96. The number of imidazole rings is 1. The molecule has 0 amide bonds. The van der Waals surface area contributed by atoms with Gasteiger partial charge in [0.2, 0.25) is 0 Å². The van der Waals surface area contributed by atoms with Gasteiger partial charge in [0.05, 0.1) is 0 Å². The minimum absolute atomic E-state index is 0. The summed E-state index contributed by atoms with van der Waals surface area (Å²) in [5.41, 5.74) is 2.12. The van der Waals surface area contributed by atoms with E-state index in [4.69, 9.17) is 0 Å². The number of nitrogens with one attached hydrogen (secondary N) is 2. The molecule has 27 heavy (non-hydrogen) atoms. The molecule has 1 aromatic carbocycles. The number of halogens is 2. The first kappa shape index (κ1) is 23.7. The first-order valence-corrected chi connectivity index (χ1v) is 10.2. The van der Waals surface area contributed by atoms with Gasteiger partial charge in [-0.15, -0.1) is 24.0 Å². The third-order valence-corrected chi connectivity index (χ3v) is 4.78. The lowest BCUT2D eigenvalue weighted by molar-refractivity contribution is 0.588. The molecule has 0 fully saturated rings. The topological polar surface area (TPSA) is 54.2 Å². The Labute approximate surface area is 182 Å². The van der Waals surface area contributed by atoms with E-state index >= 15 is 0 Å². The van der Waals surface area contributed by atoms with Crippen molar-refractivity contribution < 1.29 is 4.39 Å². The Hall–Kier alpha value is -1.29. The minimum atomic E-state index is -0.187. The van der Waals surface area contributed by atoms with Gasteiger partial charge in [0.15, 0.2) is 5.96 Å². The second-order valence-corrected chi connectivity index (χ2v) is 6.94. The number of aliphatic imine (C=N–C) groups is 1. The van der Waals surface area contributed by atoms with E-state index in [1.807, 2.05) is 31.6 Å². The average Bonchev–Trinajstić information content (AvgIpc) is 3.04. The molecule has 150 valence electrons. The van der Waals surface area contributed by atoms with E-state index in [0.717, 1.165) is 54.6 Å². The number of thioether (sulfide) groups is 1. The van der Waals surface area contributed by atoms with Gasteiger partial charge in [-0.2, -0.15) is 11.8 Å². The largest absolute Gasteiger partial charge is 0.356 e. The first-order chi connectivity index (χ1) is 12.6. The summed E-state index contributed by atoms with van der Waals surface area (Å²) >= 11 is 1.69. The lowest BCUT2D eigenvalue weighted by atomic mass is 10.1. The molecule has 1 heterocycles. The van der Waals surface area contributed by atoms with E-state index in [1.165, 1.54) is 6.07 Å². The minimum Gasteiger partial charge on any atom is -0.356 e. The molecule has 0 spiro atoms. The number of aromatic nitrogens is 2. The monoisotopic (exact) mass is 505 g/mol. The van der Waals surface area contributed by atoms with Crippen LogP contribution in [0.2, 0.25) is 0 Å². The summed E-state index contributed by atoms with van der Waals surface area (Å²) in [7, 11) is 1.76. The Balaban J connectivity index is 0.00000364. The smallest absolute Gasteiger partial charge is 0.191 e. The van der Waals surface area contributed by atoms with Gasteiger partial charge in [-0.3, -0.25) is 4.99 Å². The molecule has 1 aromatic heterocycles. The maximum Gasteiger partial charge on any atom is 0.191 e. The number of rotatable bonds is 9. The average molecular weight is 505 g/mol. The SMILES string of the molecule is CN=C(NCCCCn1ccnc1C)NCc1ccc(F)cc1CSC.I. The Kier molecular flexibility index (Phi) is 11.4. The zero-order chi connectivity index (χ0) is 18.8. The van der Waals surface area contributed by atoms with Crippen molar-refractivity contribution >= 4 is 41.7 Å². The van der Waals surface area contributed by atoms with E-state index in [1.54, 1.807) is 24.9 Å². The molecule has 2 N–H and O–H groups in total. The van der Waals surface area contributed by atoms with Gasteiger partial charge in [-0.25, -0.2) is 9.37 Å². The molecule has 0 bridgehead atoms. The van der Waals surface area contributed by atoms with Gasteiger partial charge in [-0.05, 0) is 49.3 Å². The Bertz CT molecular complexity index is 720. The summed E-state index contributed by atoms with van der Waals surface area (Å²) in [4.78, 5) is 8.49. The quantitative estimate of drug-likeness (QED) is 0.235. The lowest BCUT2D eigenvalue weighted by Crippen LogP contribution is -2.37. The fraction of sp³-hybridized carbons (Fsp3) is 0.474. The van der Waals surface area contributed by atoms with Gasteiger partial charge in [-0.1, -0.05) is 6.07 Å². The van der Waals surface area contributed by atoms with Crippen LogP contribution in [-0.4, -0.2) is 35.4 Å². The maximum absolute atomic E-state index is 13.4. The van der Waals surface area contributed by atoms with Crippen LogP contribution in [0.3, 0.4) is 0 Å². The fourth-order valence-corrected chi connectivity index (χ4v) is 3.29. The number of hydrogen-bond acceptors (Lipinski definition) is 3. The van der Waals surface area contributed by atoms with E-state index < -0.39 is 0 Å². The number of benzene rings is 1. The molecule has 2 aromatic rings. The Morgan fingerprint density at radius 2 is 2.07 bits per heavy atom. The summed E-state index contributed by atoms with van der Waals surface area (Å²) in [5, 5.41) is 6.64. The van der Waals surface area contributed by atoms with Crippen molar-refractivity contribution in [1.29, 1.82) is 0 Å². The zero-order valence-corrected chi connectivity index (χ0v) is 19.3. The number of hydrogen-bond donors (Lipinski definition) is 2. The van der Waals surface area contributed by atoms with Gasteiger partial charge in [0.1, 0.15) is 11.6 Å². The van der Waals surface area contributed by atoms with Crippen LogP contribution in [0.5, 0.6) is 0 Å². The van der Waals surface area contributed by atoms with Crippen molar-refractivity contribution in [2.75, 3.05) is 19.8 Å². The highest BCUT2D eigenvalue weighted by molar-refractivity contribution is 14.0. The third kappa shape index (κ3) is 8.08. The molecule has 5 nitrogen and oxygen atoms in total. The van der Waals surface area contributed by atoms with E-state index in [2.05, 4.69) is 25.2 Å². The van der Waals surface area contributed by atoms with Gasteiger partial charge >= 0.3 is 0 Å². The number of aryl methyl sites for hydroxylation is 2. The van der Waals surface area contributed by atoms with E-state index in [-0.39, 0.29) is 29.8 Å². The first-order valence-electron chi connectivity index (χ1n) is 8.82. The van der Waals surface area contributed by atoms with Gasteiger partial charge in [0, 0.05) is 44.8 Å². The second kappa shape index (κ2) is 13.0. The number of nitrogens with zero attached hydrogens (tertiary/aromatic N) is 3. The summed E-state index contributed by atoms with van der Waals surface area (Å²) in [6.07, 6.45) is 8.00. The van der Waals surface area contributed by atoms with Gasteiger partial charge < -0.3 is 15.2 Å². The molecule has 0 aliphatic rings. The van der Waals surface area contributed by atoms with E-state index in [9.17, 15) is 4.39 Å². The number of guanidine groups is 1. The standard InChI is InChI=1S/C19H28FN5S.HI/c1-15-22-9-11-25(15)10-5-4-8-23-19(21-2)24-13-16-6-7-18(20)12-17(16)14-26-3;/h6-7,9,11-12H,4-5,8,10,13-14H2,1-3H3,(H2,21,23,24);1H.